The maximum Gasteiger partial charge on any atom is 0.220 e. The van der Waals surface area contributed by atoms with Gasteiger partial charge in [-0.05, 0) is 12.8 Å². The highest BCUT2D eigenvalue weighted by Gasteiger charge is 2.19. The smallest absolute Gasteiger partial charge is 0.220 e. The molecule has 43 heavy (non-hydrogen) atoms. The molecule has 0 aromatic carbocycles. The van der Waals surface area contributed by atoms with E-state index in [9.17, 15) is 15.0 Å². The van der Waals surface area contributed by atoms with E-state index in [0.29, 0.717) is 12.8 Å². The summed E-state index contributed by atoms with van der Waals surface area (Å²) in [4.78, 5) is 12.3. The van der Waals surface area contributed by atoms with Gasteiger partial charge in [0.25, 0.3) is 0 Å². The zero-order valence-electron chi connectivity index (χ0n) is 29.5. The molecule has 0 rings (SSSR count). The monoisotopic (exact) mass is 610 g/mol. The van der Waals surface area contributed by atoms with Crippen molar-refractivity contribution in [3.05, 3.63) is 0 Å². The first-order chi connectivity index (χ1) is 21.2. The first-order valence-electron chi connectivity index (χ1n) is 19.7. The minimum absolute atomic E-state index is 0.0283. The van der Waals surface area contributed by atoms with Crippen LogP contribution in [0.25, 0.3) is 0 Å². The second kappa shape index (κ2) is 35.9. The molecule has 0 aromatic rings. The minimum Gasteiger partial charge on any atom is -0.394 e. The van der Waals surface area contributed by atoms with Crippen molar-refractivity contribution in [3.63, 3.8) is 0 Å². The van der Waals surface area contributed by atoms with Crippen LogP contribution >= 0.6 is 0 Å². The number of carbonyl (C=O) groups excluding carboxylic acids is 1. The van der Waals surface area contributed by atoms with Gasteiger partial charge in [-0.15, -0.1) is 0 Å². The first-order valence-corrected chi connectivity index (χ1v) is 19.7. The van der Waals surface area contributed by atoms with Gasteiger partial charge in [0, 0.05) is 6.42 Å². The number of unbranched alkanes of at least 4 members (excludes halogenated alkanes) is 29. The summed E-state index contributed by atoms with van der Waals surface area (Å²) in [6, 6.07) is -0.527. The van der Waals surface area contributed by atoms with E-state index in [2.05, 4.69) is 19.2 Å². The highest BCUT2D eigenvalue weighted by molar-refractivity contribution is 5.76. The molecule has 2 atom stereocenters. The standard InChI is InChI=1S/C39H79NO3/c1-3-5-7-9-11-13-15-16-17-18-19-20-21-22-23-25-27-29-31-33-35-39(43)40-37(36-41)38(42)34-32-30-28-26-24-14-12-10-8-6-4-2/h37-38,41-42H,3-36H2,1-2H3,(H,40,43). The third kappa shape index (κ3) is 32.6. The lowest BCUT2D eigenvalue weighted by atomic mass is 10.0. The molecular weight excluding hydrogens is 530 g/mol. The van der Waals surface area contributed by atoms with Gasteiger partial charge in [0.2, 0.25) is 5.91 Å². The number of carbonyl (C=O) groups is 1. The molecule has 0 heterocycles. The van der Waals surface area contributed by atoms with Crippen molar-refractivity contribution in [1.29, 1.82) is 0 Å². The molecule has 0 aromatic heterocycles. The average molecular weight is 610 g/mol. The molecular formula is C39H79NO3. The Labute approximate surface area is 270 Å². The Morgan fingerprint density at radius 1 is 0.465 bits per heavy atom. The number of aliphatic hydroxyl groups excluding tert-OH is 2. The van der Waals surface area contributed by atoms with Crippen molar-refractivity contribution in [2.24, 2.45) is 0 Å². The summed E-state index contributed by atoms with van der Waals surface area (Å²) < 4.78 is 0. The topological polar surface area (TPSA) is 69.6 Å². The van der Waals surface area contributed by atoms with Crippen molar-refractivity contribution in [2.75, 3.05) is 6.61 Å². The fourth-order valence-corrected chi connectivity index (χ4v) is 6.30. The predicted octanol–water partition coefficient (Wildman–Crippen LogP) is 11.7. The summed E-state index contributed by atoms with van der Waals surface area (Å²) in [5.41, 5.74) is 0. The fraction of sp³-hybridized carbons (Fsp3) is 0.974. The summed E-state index contributed by atoms with van der Waals surface area (Å²) in [6.45, 7) is 4.36. The predicted molar refractivity (Wildman–Crippen MR) is 189 cm³/mol. The van der Waals surface area contributed by atoms with Gasteiger partial charge in [-0.2, -0.15) is 0 Å². The van der Waals surface area contributed by atoms with Gasteiger partial charge in [-0.25, -0.2) is 0 Å². The molecule has 0 fully saturated rings. The van der Waals surface area contributed by atoms with Crippen LogP contribution in [0.1, 0.15) is 226 Å². The van der Waals surface area contributed by atoms with Gasteiger partial charge in [0.05, 0.1) is 18.8 Å². The van der Waals surface area contributed by atoms with Gasteiger partial charge in [0.1, 0.15) is 0 Å². The largest absolute Gasteiger partial charge is 0.394 e. The van der Waals surface area contributed by atoms with Crippen LogP contribution in [0.5, 0.6) is 0 Å². The second-order valence-electron chi connectivity index (χ2n) is 13.7. The van der Waals surface area contributed by atoms with Crippen molar-refractivity contribution in [3.8, 4) is 0 Å². The fourth-order valence-electron chi connectivity index (χ4n) is 6.30. The van der Waals surface area contributed by atoms with Crippen molar-refractivity contribution >= 4 is 5.91 Å². The normalized spacial score (nSPS) is 12.9. The Bertz CT molecular complexity index is 541. The van der Waals surface area contributed by atoms with E-state index in [1.54, 1.807) is 0 Å². The Morgan fingerprint density at radius 3 is 1.05 bits per heavy atom. The molecule has 1 amide bonds. The molecule has 4 heteroatoms. The molecule has 0 spiro atoms. The van der Waals surface area contributed by atoms with Crippen LogP contribution in [0.2, 0.25) is 0 Å². The summed E-state index contributed by atoms with van der Waals surface area (Å²) in [5.74, 6) is -0.0283. The van der Waals surface area contributed by atoms with Gasteiger partial charge in [0.15, 0.2) is 0 Å². The van der Waals surface area contributed by atoms with Crippen molar-refractivity contribution in [1.82, 2.24) is 5.32 Å². The van der Waals surface area contributed by atoms with E-state index < -0.39 is 12.1 Å². The number of hydrogen-bond acceptors (Lipinski definition) is 3. The van der Waals surface area contributed by atoms with Crippen LogP contribution in [0, 0.1) is 0 Å². The third-order valence-corrected chi connectivity index (χ3v) is 9.37. The SMILES string of the molecule is CCCCCCCCCCCCCCCCCCCCCCC(=O)NC(CO)C(O)CCCCCCCCCCCCC. The number of amides is 1. The minimum atomic E-state index is -0.651. The van der Waals surface area contributed by atoms with E-state index in [1.807, 2.05) is 0 Å². The third-order valence-electron chi connectivity index (χ3n) is 9.37. The van der Waals surface area contributed by atoms with Gasteiger partial charge >= 0.3 is 0 Å². The highest BCUT2D eigenvalue weighted by atomic mass is 16.3. The zero-order valence-corrected chi connectivity index (χ0v) is 29.5. The van der Waals surface area contributed by atoms with Crippen molar-refractivity contribution in [2.45, 2.75) is 238 Å². The van der Waals surface area contributed by atoms with Crippen LogP contribution in [-0.4, -0.2) is 34.9 Å². The summed E-state index contributed by atoms with van der Waals surface area (Å²) in [7, 11) is 0. The molecule has 0 aliphatic rings. The quantitative estimate of drug-likeness (QED) is 0.0619. The Hall–Kier alpha value is -0.610. The molecule has 0 radical (unpaired) electrons. The van der Waals surface area contributed by atoms with E-state index in [4.69, 9.17) is 0 Å². The molecule has 0 aliphatic heterocycles. The molecule has 0 bridgehead atoms. The molecule has 0 saturated carbocycles. The Morgan fingerprint density at radius 2 is 0.744 bits per heavy atom. The molecule has 0 saturated heterocycles. The summed E-state index contributed by atoms with van der Waals surface area (Å²) >= 11 is 0. The summed E-state index contributed by atoms with van der Waals surface area (Å²) in [5, 5.41) is 23.0. The number of hydrogen-bond donors (Lipinski definition) is 3. The summed E-state index contributed by atoms with van der Waals surface area (Å²) in [6.07, 6.45) is 41.7. The molecule has 258 valence electrons. The van der Waals surface area contributed by atoms with Gasteiger partial charge in [-0.3, -0.25) is 4.79 Å². The van der Waals surface area contributed by atoms with E-state index in [-0.39, 0.29) is 12.5 Å². The molecule has 3 N–H and O–H groups in total. The molecule has 2 unspecified atom stereocenters. The van der Waals surface area contributed by atoms with Gasteiger partial charge < -0.3 is 15.5 Å². The van der Waals surface area contributed by atoms with Crippen LogP contribution in [0.3, 0.4) is 0 Å². The molecule has 0 aliphatic carbocycles. The zero-order chi connectivity index (χ0) is 31.5. The van der Waals surface area contributed by atoms with Crippen LogP contribution < -0.4 is 5.32 Å². The highest BCUT2D eigenvalue weighted by Crippen LogP contribution is 2.16. The lowest BCUT2D eigenvalue weighted by molar-refractivity contribution is -0.123. The van der Waals surface area contributed by atoms with E-state index >= 15 is 0 Å². The number of aliphatic hydroxyl groups is 2. The van der Waals surface area contributed by atoms with Crippen LogP contribution in [0.4, 0.5) is 0 Å². The maximum atomic E-state index is 12.3. The lowest BCUT2D eigenvalue weighted by Gasteiger charge is -2.22. The van der Waals surface area contributed by atoms with Crippen LogP contribution in [0.15, 0.2) is 0 Å². The maximum absolute atomic E-state index is 12.3. The van der Waals surface area contributed by atoms with Gasteiger partial charge in [-0.1, -0.05) is 206 Å². The van der Waals surface area contributed by atoms with Crippen LogP contribution in [-0.2, 0) is 4.79 Å². The number of rotatable bonds is 36. The van der Waals surface area contributed by atoms with Crippen molar-refractivity contribution < 1.29 is 15.0 Å². The lowest BCUT2D eigenvalue weighted by Crippen LogP contribution is -2.45. The van der Waals surface area contributed by atoms with E-state index in [0.717, 1.165) is 25.7 Å². The average Bonchev–Trinajstić information content (AvgIpc) is 3.01. The first kappa shape index (κ1) is 42.4. The Balaban J connectivity index is 3.46. The second-order valence-corrected chi connectivity index (χ2v) is 13.7. The number of nitrogens with one attached hydrogen (secondary N) is 1. The Kier molecular flexibility index (Phi) is 35.4. The molecule has 4 nitrogen and oxygen atoms in total. The van der Waals surface area contributed by atoms with E-state index in [1.165, 1.54) is 173 Å².